The summed E-state index contributed by atoms with van der Waals surface area (Å²) >= 11 is 0. The van der Waals surface area contributed by atoms with Crippen LogP contribution in [0, 0.1) is 5.92 Å². The molecule has 2 saturated heterocycles. The average Bonchev–Trinajstić information content (AvgIpc) is 3.50. The molecule has 5 rings (SSSR count). The molecule has 2 aromatic carbocycles. The van der Waals surface area contributed by atoms with E-state index < -0.39 is 23.9 Å². The van der Waals surface area contributed by atoms with Crippen LogP contribution in [0.25, 0.3) is 11.3 Å². The predicted octanol–water partition coefficient (Wildman–Crippen LogP) is 3.67. The smallest absolute Gasteiger partial charge is 0.328 e. The van der Waals surface area contributed by atoms with E-state index in [1.807, 2.05) is 18.2 Å². The van der Waals surface area contributed by atoms with Gasteiger partial charge in [0.05, 0.1) is 5.69 Å². The highest BCUT2D eigenvalue weighted by Gasteiger charge is 2.51. The summed E-state index contributed by atoms with van der Waals surface area (Å²) in [6, 6.07) is 25.3. The molecule has 3 heterocycles. The van der Waals surface area contributed by atoms with Gasteiger partial charge < -0.3 is 25.3 Å². The van der Waals surface area contributed by atoms with Crippen molar-refractivity contribution in [2.75, 3.05) is 24.5 Å². The maximum atomic E-state index is 9.55. The summed E-state index contributed by atoms with van der Waals surface area (Å²) < 4.78 is 0. The molecule has 230 valence electrons. The Morgan fingerprint density at radius 3 is 1.77 bits per heavy atom. The third-order valence-electron chi connectivity index (χ3n) is 7.30. The second-order valence-electron chi connectivity index (χ2n) is 10.3. The van der Waals surface area contributed by atoms with E-state index in [1.54, 1.807) is 0 Å². The summed E-state index contributed by atoms with van der Waals surface area (Å²) in [7, 11) is 0. The molecule has 0 aliphatic carbocycles. The first kappa shape index (κ1) is 33.1. The van der Waals surface area contributed by atoms with Crippen LogP contribution in [0.5, 0.6) is 0 Å². The minimum atomic E-state index is -1.26. The Morgan fingerprint density at radius 1 is 0.773 bits per heavy atom. The van der Waals surface area contributed by atoms with E-state index >= 15 is 0 Å². The molecule has 12 heteroatoms. The van der Waals surface area contributed by atoms with Gasteiger partial charge in [-0.25, -0.2) is 19.2 Å². The first-order chi connectivity index (χ1) is 21.0. The van der Waals surface area contributed by atoms with Crippen LogP contribution in [-0.4, -0.2) is 84.6 Å². The molecule has 2 unspecified atom stereocenters. The third kappa shape index (κ3) is 9.88. The number of aromatic nitrogens is 2. The second-order valence-corrected chi connectivity index (χ2v) is 10.3. The van der Waals surface area contributed by atoms with E-state index in [-0.39, 0.29) is 5.54 Å². The Kier molecular flexibility index (Phi) is 11.9. The van der Waals surface area contributed by atoms with Crippen LogP contribution in [0.4, 0.5) is 5.82 Å². The van der Waals surface area contributed by atoms with Crippen molar-refractivity contribution in [2.45, 2.75) is 25.4 Å². The van der Waals surface area contributed by atoms with Gasteiger partial charge in [-0.15, -0.1) is 10.2 Å². The van der Waals surface area contributed by atoms with E-state index in [2.05, 4.69) is 81.5 Å². The molecule has 2 aliphatic heterocycles. The number of hydrogen-bond acceptors (Lipinski definition) is 8. The molecule has 12 nitrogen and oxygen atoms in total. The summed E-state index contributed by atoms with van der Waals surface area (Å²) in [5, 5.41) is 40.3. The predicted molar refractivity (Wildman–Crippen MR) is 162 cm³/mol. The van der Waals surface area contributed by atoms with Crippen molar-refractivity contribution in [1.29, 1.82) is 0 Å². The minimum absolute atomic E-state index is 0.204. The van der Waals surface area contributed by atoms with Crippen LogP contribution in [0.3, 0.4) is 0 Å². The molecule has 0 radical (unpaired) electrons. The molecule has 1 aromatic heterocycles. The number of carbonyl (C=O) groups is 4. The quantitative estimate of drug-likeness (QED) is 0.275. The molecule has 0 spiro atoms. The van der Waals surface area contributed by atoms with Gasteiger partial charge in [0.25, 0.3) is 0 Å². The number of carboxylic acids is 4. The fourth-order valence-electron chi connectivity index (χ4n) is 5.15. The Labute approximate surface area is 254 Å². The first-order valence-corrected chi connectivity index (χ1v) is 13.7. The van der Waals surface area contributed by atoms with Crippen LogP contribution in [0.2, 0.25) is 0 Å². The zero-order valence-electron chi connectivity index (χ0n) is 24.1. The molecule has 4 N–H and O–H groups in total. The number of benzene rings is 2. The van der Waals surface area contributed by atoms with E-state index in [0.29, 0.717) is 30.2 Å². The molecular formula is C32H34N4O8. The zero-order chi connectivity index (χ0) is 32.1. The highest BCUT2D eigenvalue weighted by Crippen LogP contribution is 2.42. The maximum Gasteiger partial charge on any atom is 0.328 e. The first-order valence-electron chi connectivity index (χ1n) is 13.7. The number of anilines is 1. The van der Waals surface area contributed by atoms with E-state index in [9.17, 15) is 19.2 Å². The Bertz CT molecular complexity index is 1410. The van der Waals surface area contributed by atoms with Crippen molar-refractivity contribution in [3.8, 4) is 11.3 Å². The van der Waals surface area contributed by atoms with Gasteiger partial charge in [-0.05, 0) is 43.5 Å². The fraction of sp³-hybridized carbons (Fsp3) is 0.250. The van der Waals surface area contributed by atoms with Crippen molar-refractivity contribution in [2.24, 2.45) is 5.92 Å². The summed E-state index contributed by atoms with van der Waals surface area (Å²) in [5.74, 6) is -3.35. The van der Waals surface area contributed by atoms with Gasteiger partial charge in [0.15, 0.2) is 5.82 Å². The van der Waals surface area contributed by atoms with E-state index in [0.717, 1.165) is 36.7 Å². The molecule has 2 atom stereocenters. The second kappa shape index (κ2) is 15.8. The molecule has 0 saturated carbocycles. The zero-order valence-corrected chi connectivity index (χ0v) is 24.1. The Morgan fingerprint density at radius 2 is 1.30 bits per heavy atom. The van der Waals surface area contributed by atoms with Crippen LogP contribution in [0.15, 0.2) is 97.1 Å². The number of rotatable bonds is 8. The number of nitrogens with zero attached hydrogens (tertiary/aromatic N) is 4. The Hall–Kier alpha value is -5.36. The Balaban J connectivity index is 0.000000275. The number of carboxylic acid groups (broad SMARTS) is 4. The van der Waals surface area contributed by atoms with Gasteiger partial charge in [-0.3, -0.25) is 4.90 Å². The SMILES string of the molecule is CC12CN(c3ccc(-c4ccccc4)nn3)CC1CCN2Cc1ccccc1.O=C(O)C=CC(=O)O.O=C(O)C=CC(=O)O. The molecule has 0 bridgehead atoms. The van der Waals surface area contributed by atoms with Crippen molar-refractivity contribution in [3.63, 3.8) is 0 Å². The van der Waals surface area contributed by atoms with Crippen LogP contribution >= 0.6 is 0 Å². The molecule has 3 aromatic rings. The summed E-state index contributed by atoms with van der Waals surface area (Å²) in [6.45, 7) is 6.73. The van der Waals surface area contributed by atoms with Crippen LogP contribution in [0.1, 0.15) is 18.9 Å². The van der Waals surface area contributed by atoms with Crippen LogP contribution in [-0.2, 0) is 25.7 Å². The lowest BCUT2D eigenvalue weighted by molar-refractivity contribution is -0.134. The topological polar surface area (TPSA) is 181 Å². The van der Waals surface area contributed by atoms with E-state index in [4.69, 9.17) is 20.4 Å². The van der Waals surface area contributed by atoms with Gasteiger partial charge in [0.1, 0.15) is 0 Å². The lowest BCUT2D eigenvalue weighted by Crippen LogP contribution is -2.46. The monoisotopic (exact) mass is 602 g/mol. The van der Waals surface area contributed by atoms with Gasteiger partial charge in [0.2, 0.25) is 0 Å². The van der Waals surface area contributed by atoms with Gasteiger partial charge in [-0.1, -0.05) is 60.7 Å². The molecule has 44 heavy (non-hydrogen) atoms. The number of fused-ring (bicyclic) bond motifs is 1. The maximum absolute atomic E-state index is 9.55. The summed E-state index contributed by atoms with van der Waals surface area (Å²) in [5.41, 5.74) is 3.65. The van der Waals surface area contributed by atoms with Crippen molar-refractivity contribution >= 4 is 29.7 Å². The number of likely N-dealkylation sites (tertiary alicyclic amines) is 1. The van der Waals surface area contributed by atoms with Crippen LogP contribution < -0.4 is 4.90 Å². The third-order valence-corrected chi connectivity index (χ3v) is 7.30. The fourth-order valence-corrected chi connectivity index (χ4v) is 5.15. The normalized spacial score (nSPS) is 19.0. The van der Waals surface area contributed by atoms with Gasteiger partial charge in [0, 0.05) is 55.0 Å². The molecule has 0 amide bonds. The molecular weight excluding hydrogens is 568 g/mol. The van der Waals surface area contributed by atoms with Crippen molar-refractivity contribution in [3.05, 3.63) is 103 Å². The largest absolute Gasteiger partial charge is 0.478 e. The standard InChI is InChI=1S/C24H26N4.2C4H4O4/c1-24-18-27(23-13-12-22(25-26-23)20-10-6-3-7-11-20)17-21(24)14-15-28(24)16-19-8-4-2-5-9-19;2*5-3(6)1-2-4(7)8/h2-13,21H,14-18H2,1H3;2*1-2H,(H,5,6)(H,7,8). The molecule has 2 fully saturated rings. The molecule has 2 aliphatic rings. The highest BCUT2D eigenvalue weighted by atomic mass is 16.4. The lowest BCUT2D eigenvalue weighted by atomic mass is 9.90. The average molecular weight is 603 g/mol. The minimum Gasteiger partial charge on any atom is -0.478 e. The van der Waals surface area contributed by atoms with Gasteiger partial charge in [-0.2, -0.15) is 0 Å². The van der Waals surface area contributed by atoms with Crippen molar-refractivity contribution < 1.29 is 39.6 Å². The van der Waals surface area contributed by atoms with Gasteiger partial charge >= 0.3 is 23.9 Å². The van der Waals surface area contributed by atoms with Crippen molar-refractivity contribution in [1.82, 2.24) is 15.1 Å². The number of hydrogen-bond donors (Lipinski definition) is 4. The summed E-state index contributed by atoms with van der Waals surface area (Å²) in [4.78, 5) is 43.3. The summed E-state index contributed by atoms with van der Waals surface area (Å²) in [6.07, 6.45) is 3.49. The highest BCUT2D eigenvalue weighted by molar-refractivity contribution is 5.90. The van der Waals surface area contributed by atoms with E-state index in [1.165, 1.54) is 18.5 Å². The number of aliphatic carboxylic acids is 4. The lowest BCUT2D eigenvalue weighted by Gasteiger charge is -2.35.